The van der Waals surface area contributed by atoms with Crippen molar-refractivity contribution in [3.05, 3.63) is 75.7 Å². The Bertz CT molecular complexity index is 803. The van der Waals surface area contributed by atoms with E-state index in [1.165, 1.54) is 5.56 Å². The van der Waals surface area contributed by atoms with Gasteiger partial charge in [0, 0.05) is 21.1 Å². The van der Waals surface area contributed by atoms with Gasteiger partial charge in [-0.25, -0.2) is 4.98 Å². The molecule has 0 aliphatic heterocycles. The molecule has 1 unspecified atom stereocenters. The first-order valence-corrected chi connectivity index (χ1v) is 8.49. The Morgan fingerprint density at radius 1 is 1.22 bits per heavy atom. The van der Waals surface area contributed by atoms with E-state index in [-0.39, 0.29) is 6.04 Å². The molecule has 23 heavy (non-hydrogen) atoms. The van der Waals surface area contributed by atoms with E-state index in [0.29, 0.717) is 17.5 Å². The molecule has 5 heteroatoms. The van der Waals surface area contributed by atoms with Crippen molar-refractivity contribution in [2.24, 2.45) is 0 Å². The second-order valence-electron chi connectivity index (χ2n) is 5.25. The summed E-state index contributed by atoms with van der Waals surface area (Å²) < 4.78 is 6.89. The fourth-order valence-electron chi connectivity index (χ4n) is 2.34. The molecule has 3 aromatic rings. The molecule has 1 N–H and O–H groups in total. The Labute approximate surface area is 148 Å². The lowest BCUT2D eigenvalue weighted by atomic mass is 10.1. The number of hydrogen-bond acceptors (Lipinski definition) is 3. The third-order valence-corrected chi connectivity index (χ3v) is 4.55. The molecule has 1 atom stereocenters. The predicted octanol–water partition coefficient (Wildman–Crippen LogP) is 5.61. The molecule has 1 heterocycles. The highest BCUT2D eigenvalue weighted by atomic mass is 79.9. The summed E-state index contributed by atoms with van der Waals surface area (Å²) >= 11 is 9.58. The van der Waals surface area contributed by atoms with E-state index in [1.54, 1.807) is 6.20 Å². The maximum atomic E-state index is 6.01. The third-order valence-electron chi connectivity index (χ3n) is 3.59. The van der Waals surface area contributed by atoms with Gasteiger partial charge in [-0.15, -0.1) is 0 Å². The van der Waals surface area contributed by atoms with Gasteiger partial charge in [-0.05, 0) is 30.7 Å². The van der Waals surface area contributed by atoms with Gasteiger partial charge in [0.25, 0.3) is 0 Å². The van der Waals surface area contributed by atoms with Gasteiger partial charge in [0.2, 0.25) is 5.89 Å². The van der Waals surface area contributed by atoms with Gasteiger partial charge < -0.3 is 9.73 Å². The number of nitrogens with one attached hydrogen (secondary N) is 1. The molecule has 0 saturated carbocycles. The molecular weight excluding hydrogens is 376 g/mol. The van der Waals surface area contributed by atoms with Crippen molar-refractivity contribution in [1.82, 2.24) is 10.3 Å². The van der Waals surface area contributed by atoms with Gasteiger partial charge in [0.15, 0.2) is 5.76 Å². The second-order valence-corrected chi connectivity index (χ2v) is 6.54. The van der Waals surface area contributed by atoms with Crippen molar-refractivity contribution in [3.63, 3.8) is 0 Å². The fraction of sp³-hybridized carbons (Fsp3) is 0.167. The number of nitrogens with zero attached hydrogens (tertiary/aromatic N) is 1. The number of hydrogen-bond donors (Lipinski definition) is 1. The van der Waals surface area contributed by atoms with Crippen LogP contribution in [0.25, 0.3) is 11.3 Å². The molecule has 3 nitrogen and oxygen atoms in total. The van der Waals surface area contributed by atoms with Gasteiger partial charge in [-0.1, -0.05) is 57.9 Å². The molecule has 0 fully saturated rings. The highest BCUT2D eigenvalue weighted by Gasteiger charge is 2.11. The lowest BCUT2D eigenvalue weighted by Gasteiger charge is -2.14. The summed E-state index contributed by atoms with van der Waals surface area (Å²) in [6, 6.07) is 15.9. The van der Waals surface area contributed by atoms with Gasteiger partial charge in [0.1, 0.15) is 0 Å². The number of halogens is 2. The number of rotatable bonds is 5. The molecule has 2 aromatic carbocycles. The monoisotopic (exact) mass is 390 g/mol. The van der Waals surface area contributed by atoms with Crippen LogP contribution < -0.4 is 5.32 Å². The SMILES string of the molecule is CC(NCc1ncc(-c2cccc(Cl)c2)o1)c1ccccc1Br. The molecule has 0 bridgehead atoms. The summed E-state index contributed by atoms with van der Waals surface area (Å²) in [6.45, 7) is 2.67. The Hall–Kier alpha value is -1.62. The Morgan fingerprint density at radius 2 is 2.04 bits per heavy atom. The van der Waals surface area contributed by atoms with E-state index in [2.05, 4.69) is 39.2 Å². The van der Waals surface area contributed by atoms with E-state index in [4.69, 9.17) is 16.0 Å². The van der Waals surface area contributed by atoms with Crippen molar-refractivity contribution in [2.75, 3.05) is 0 Å². The van der Waals surface area contributed by atoms with Crippen LogP contribution in [0.3, 0.4) is 0 Å². The Balaban J connectivity index is 1.67. The molecule has 0 aliphatic rings. The summed E-state index contributed by atoms with van der Waals surface area (Å²) in [5, 5.41) is 4.10. The molecule has 0 spiro atoms. The number of oxazole rings is 1. The van der Waals surface area contributed by atoms with Crippen molar-refractivity contribution in [3.8, 4) is 11.3 Å². The topological polar surface area (TPSA) is 38.1 Å². The normalized spacial score (nSPS) is 12.3. The number of aromatic nitrogens is 1. The van der Waals surface area contributed by atoms with E-state index in [1.807, 2.05) is 42.5 Å². The minimum atomic E-state index is 0.187. The lowest BCUT2D eigenvalue weighted by Crippen LogP contribution is -2.18. The smallest absolute Gasteiger partial charge is 0.208 e. The van der Waals surface area contributed by atoms with E-state index >= 15 is 0 Å². The molecule has 1 aromatic heterocycles. The zero-order valence-electron chi connectivity index (χ0n) is 12.6. The van der Waals surface area contributed by atoms with Crippen LogP contribution in [0.2, 0.25) is 5.02 Å². The molecule has 118 valence electrons. The van der Waals surface area contributed by atoms with Crippen molar-refractivity contribution >= 4 is 27.5 Å². The fourth-order valence-corrected chi connectivity index (χ4v) is 3.16. The zero-order valence-corrected chi connectivity index (χ0v) is 14.9. The summed E-state index contributed by atoms with van der Waals surface area (Å²) in [5.41, 5.74) is 2.13. The average Bonchev–Trinajstić information content (AvgIpc) is 3.02. The Morgan fingerprint density at radius 3 is 2.83 bits per heavy atom. The van der Waals surface area contributed by atoms with Crippen LogP contribution in [0.4, 0.5) is 0 Å². The molecule has 0 amide bonds. The van der Waals surface area contributed by atoms with Crippen LogP contribution in [0, 0.1) is 0 Å². The first-order valence-electron chi connectivity index (χ1n) is 7.32. The highest BCUT2D eigenvalue weighted by Crippen LogP contribution is 2.25. The highest BCUT2D eigenvalue weighted by molar-refractivity contribution is 9.10. The quantitative estimate of drug-likeness (QED) is 0.614. The van der Waals surface area contributed by atoms with Crippen LogP contribution >= 0.6 is 27.5 Å². The molecular formula is C18H16BrClN2O. The van der Waals surface area contributed by atoms with Gasteiger partial charge >= 0.3 is 0 Å². The second kappa shape index (κ2) is 7.30. The minimum absolute atomic E-state index is 0.187. The van der Waals surface area contributed by atoms with Crippen LogP contribution in [-0.2, 0) is 6.54 Å². The van der Waals surface area contributed by atoms with Crippen LogP contribution in [0.5, 0.6) is 0 Å². The average molecular weight is 392 g/mol. The molecule has 0 radical (unpaired) electrons. The molecule has 3 rings (SSSR count). The lowest BCUT2D eigenvalue weighted by molar-refractivity contribution is 0.454. The predicted molar refractivity (Wildman–Crippen MR) is 96.3 cm³/mol. The first-order chi connectivity index (χ1) is 11.1. The largest absolute Gasteiger partial charge is 0.439 e. The summed E-state index contributed by atoms with van der Waals surface area (Å²) in [7, 11) is 0. The van der Waals surface area contributed by atoms with E-state index in [9.17, 15) is 0 Å². The summed E-state index contributed by atoms with van der Waals surface area (Å²) in [5.74, 6) is 1.37. The summed E-state index contributed by atoms with van der Waals surface area (Å²) in [6.07, 6.45) is 1.73. The van der Waals surface area contributed by atoms with E-state index < -0.39 is 0 Å². The molecule has 0 saturated heterocycles. The van der Waals surface area contributed by atoms with Gasteiger partial charge in [0.05, 0.1) is 12.7 Å². The third kappa shape index (κ3) is 4.02. The summed E-state index contributed by atoms with van der Waals surface area (Å²) in [4.78, 5) is 4.33. The van der Waals surface area contributed by atoms with Crippen molar-refractivity contribution in [1.29, 1.82) is 0 Å². The standard InChI is InChI=1S/C18H16BrClN2O/c1-12(15-7-2-3-8-16(15)19)21-11-18-22-10-17(23-18)13-5-4-6-14(20)9-13/h2-10,12,21H,11H2,1H3. The maximum Gasteiger partial charge on any atom is 0.208 e. The first kappa shape index (κ1) is 16.2. The van der Waals surface area contributed by atoms with Crippen LogP contribution in [-0.4, -0.2) is 4.98 Å². The number of benzene rings is 2. The zero-order chi connectivity index (χ0) is 16.2. The minimum Gasteiger partial charge on any atom is -0.439 e. The van der Waals surface area contributed by atoms with Crippen molar-refractivity contribution in [2.45, 2.75) is 19.5 Å². The maximum absolute atomic E-state index is 6.01. The van der Waals surface area contributed by atoms with Crippen molar-refractivity contribution < 1.29 is 4.42 Å². The molecule has 0 aliphatic carbocycles. The van der Waals surface area contributed by atoms with Gasteiger partial charge in [-0.2, -0.15) is 0 Å². The Kier molecular flexibility index (Phi) is 5.16. The van der Waals surface area contributed by atoms with Crippen LogP contribution in [0.1, 0.15) is 24.4 Å². The van der Waals surface area contributed by atoms with Crippen LogP contribution in [0.15, 0.2) is 63.6 Å². The van der Waals surface area contributed by atoms with Gasteiger partial charge in [-0.3, -0.25) is 0 Å². The van der Waals surface area contributed by atoms with E-state index in [0.717, 1.165) is 15.8 Å².